The van der Waals surface area contributed by atoms with Crippen molar-refractivity contribution in [3.63, 3.8) is 0 Å². The van der Waals surface area contributed by atoms with E-state index in [2.05, 4.69) is 5.32 Å². The lowest BCUT2D eigenvalue weighted by Crippen LogP contribution is -2.49. The molecule has 0 unspecified atom stereocenters. The van der Waals surface area contributed by atoms with Gasteiger partial charge in [0.05, 0.1) is 11.2 Å². The lowest BCUT2D eigenvalue weighted by Gasteiger charge is -2.27. The van der Waals surface area contributed by atoms with Crippen LogP contribution < -0.4 is 10.2 Å². The highest BCUT2D eigenvalue weighted by atomic mass is 19.1. The molecule has 0 aliphatic carbocycles. The van der Waals surface area contributed by atoms with E-state index in [9.17, 15) is 14.0 Å². The van der Waals surface area contributed by atoms with Crippen LogP contribution in [0.5, 0.6) is 0 Å². The molecule has 5 nitrogen and oxygen atoms in total. The van der Waals surface area contributed by atoms with E-state index in [4.69, 9.17) is 0 Å². The number of rotatable bonds is 2. The van der Waals surface area contributed by atoms with E-state index in [1.807, 2.05) is 30.7 Å². The number of nitrogens with one attached hydrogen (secondary N) is 1. The molecule has 1 aliphatic heterocycles. The summed E-state index contributed by atoms with van der Waals surface area (Å²) >= 11 is 0. The second-order valence-electron chi connectivity index (χ2n) is 5.15. The van der Waals surface area contributed by atoms with Gasteiger partial charge < -0.3 is 4.57 Å². The first-order valence-electron chi connectivity index (χ1n) is 6.92. The summed E-state index contributed by atoms with van der Waals surface area (Å²) in [6.07, 6.45) is 2.08. The molecule has 0 saturated carbocycles. The SMILES string of the molecule is CCn1cc(C)c2c(F)c(N3CCC(=O)NC3=O)ccc21.[HH]. The Labute approximate surface area is 122 Å². The van der Waals surface area contributed by atoms with Crippen molar-refractivity contribution in [2.45, 2.75) is 26.8 Å². The number of halogens is 1. The van der Waals surface area contributed by atoms with Crippen molar-refractivity contribution in [1.29, 1.82) is 0 Å². The molecular weight excluding hydrogens is 273 g/mol. The van der Waals surface area contributed by atoms with Crippen LogP contribution in [0.25, 0.3) is 10.9 Å². The Bertz CT molecular complexity index is 757. The fourth-order valence-corrected chi connectivity index (χ4v) is 2.80. The van der Waals surface area contributed by atoms with Crippen LogP contribution in [-0.4, -0.2) is 23.1 Å². The van der Waals surface area contributed by atoms with Gasteiger partial charge in [0.1, 0.15) is 0 Å². The van der Waals surface area contributed by atoms with Crippen molar-refractivity contribution in [2.75, 3.05) is 11.4 Å². The molecule has 1 aromatic heterocycles. The van der Waals surface area contributed by atoms with Gasteiger partial charge in [-0.05, 0) is 31.5 Å². The highest BCUT2D eigenvalue weighted by Gasteiger charge is 2.27. The molecule has 0 atom stereocenters. The number of anilines is 1. The van der Waals surface area contributed by atoms with E-state index in [1.165, 1.54) is 4.90 Å². The minimum absolute atomic E-state index is 0. The van der Waals surface area contributed by atoms with Crippen molar-refractivity contribution in [2.24, 2.45) is 0 Å². The van der Waals surface area contributed by atoms with Gasteiger partial charge in [-0.2, -0.15) is 0 Å². The van der Waals surface area contributed by atoms with E-state index in [0.717, 1.165) is 17.6 Å². The minimum Gasteiger partial charge on any atom is -0.347 e. The molecule has 6 heteroatoms. The number of hydrogen-bond donors (Lipinski definition) is 1. The van der Waals surface area contributed by atoms with Crippen molar-refractivity contribution >= 4 is 28.5 Å². The second kappa shape index (κ2) is 4.87. The molecule has 1 fully saturated rings. The third-order valence-corrected chi connectivity index (χ3v) is 3.84. The molecule has 3 amide bonds. The van der Waals surface area contributed by atoms with Crippen molar-refractivity contribution in [3.8, 4) is 0 Å². The fraction of sp³-hybridized carbons (Fsp3) is 0.333. The number of imide groups is 1. The standard InChI is InChI=1S/C15H16FN3O2.H2/c1-3-18-8-9(2)13-10(18)4-5-11(14(13)16)19-7-6-12(20)17-15(19)21;/h4-5,8H,3,6-7H2,1-2H3,(H,17,20,21);1H. The summed E-state index contributed by atoms with van der Waals surface area (Å²) in [6.45, 7) is 4.79. The zero-order chi connectivity index (χ0) is 15.1. The monoisotopic (exact) mass is 291 g/mol. The van der Waals surface area contributed by atoms with Crippen LogP contribution in [0.4, 0.5) is 14.9 Å². The highest BCUT2D eigenvalue weighted by Crippen LogP contribution is 2.31. The van der Waals surface area contributed by atoms with Crippen molar-refractivity contribution < 1.29 is 15.4 Å². The average Bonchev–Trinajstić information content (AvgIpc) is 2.77. The van der Waals surface area contributed by atoms with Crippen molar-refractivity contribution in [1.82, 2.24) is 9.88 Å². The number of benzene rings is 1. The molecule has 2 aromatic rings. The van der Waals surface area contributed by atoms with Crippen LogP contribution in [-0.2, 0) is 11.3 Å². The Kier molecular flexibility index (Phi) is 3.16. The van der Waals surface area contributed by atoms with Crippen LogP contribution >= 0.6 is 0 Å². The number of hydrogen-bond acceptors (Lipinski definition) is 2. The van der Waals surface area contributed by atoms with Crippen molar-refractivity contribution in [3.05, 3.63) is 29.7 Å². The van der Waals surface area contributed by atoms with E-state index in [1.54, 1.807) is 6.07 Å². The number of amides is 3. The predicted molar refractivity (Wildman–Crippen MR) is 79.9 cm³/mol. The van der Waals surface area contributed by atoms with Crippen LogP contribution in [0.1, 0.15) is 20.3 Å². The Morgan fingerprint density at radius 2 is 2.14 bits per heavy atom. The summed E-state index contributed by atoms with van der Waals surface area (Å²) in [4.78, 5) is 24.3. The van der Waals surface area contributed by atoms with Gasteiger partial charge in [0, 0.05) is 32.5 Å². The molecule has 1 saturated heterocycles. The Morgan fingerprint density at radius 3 is 2.81 bits per heavy atom. The lowest BCUT2D eigenvalue weighted by atomic mass is 10.1. The van der Waals surface area contributed by atoms with E-state index >= 15 is 0 Å². The zero-order valence-electron chi connectivity index (χ0n) is 11.9. The van der Waals surface area contributed by atoms with Crippen LogP contribution in [0.15, 0.2) is 18.3 Å². The molecule has 0 radical (unpaired) electrons. The van der Waals surface area contributed by atoms with E-state index < -0.39 is 11.8 Å². The van der Waals surface area contributed by atoms with Crippen LogP contribution in [0.3, 0.4) is 0 Å². The van der Waals surface area contributed by atoms with Gasteiger partial charge in [0.2, 0.25) is 5.91 Å². The van der Waals surface area contributed by atoms with Gasteiger partial charge in [0.25, 0.3) is 0 Å². The summed E-state index contributed by atoms with van der Waals surface area (Å²) < 4.78 is 16.8. The van der Waals surface area contributed by atoms with Gasteiger partial charge in [-0.3, -0.25) is 15.0 Å². The smallest absolute Gasteiger partial charge is 0.328 e. The minimum atomic E-state index is -0.572. The van der Waals surface area contributed by atoms with Gasteiger partial charge in [-0.25, -0.2) is 9.18 Å². The molecular formula is C15H18FN3O2. The number of aryl methyl sites for hydroxylation is 2. The van der Waals surface area contributed by atoms with Crippen LogP contribution in [0, 0.1) is 12.7 Å². The summed E-state index contributed by atoms with van der Waals surface area (Å²) in [5, 5.41) is 2.74. The molecule has 2 heterocycles. The maximum Gasteiger partial charge on any atom is 0.328 e. The third kappa shape index (κ3) is 2.07. The van der Waals surface area contributed by atoms with Crippen LogP contribution in [0.2, 0.25) is 0 Å². The summed E-state index contributed by atoms with van der Waals surface area (Å²) in [7, 11) is 0. The zero-order valence-corrected chi connectivity index (χ0v) is 11.9. The predicted octanol–water partition coefficient (Wildman–Crippen LogP) is 2.80. The molecule has 21 heavy (non-hydrogen) atoms. The Morgan fingerprint density at radius 1 is 1.38 bits per heavy atom. The number of nitrogens with zero attached hydrogens (tertiary/aromatic N) is 2. The van der Waals surface area contributed by atoms with Gasteiger partial charge in [-0.1, -0.05) is 0 Å². The first-order chi connectivity index (χ1) is 10.0. The van der Waals surface area contributed by atoms with Gasteiger partial charge in [-0.15, -0.1) is 0 Å². The third-order valence-electron chi connectivity index (χ3n) is 3.84. The number of urea groups is 1. The largest absolute Gasteiger partial charge is 0.347 e. The van der Waals surface area contributed by atoms with E-state index in [-0.39, 0.29) is 26.0 Å². The maximum absolute atomic E-state index is 14.8. The van der Waals surface area contributed by atoms with E-state index in [0.29, 0.717) is 5.39 Å². The number of fused-ring (bicyclic) bond motifs is 1. The highest BCUT2D eigenvalue weighted by molar-refractivity contribution is 6.06. The topological polar surface area (TPSA) is 54.3 Å². The average molecular weight is 291 g/mol. The fourth-order valence-electron chi connectivity index (χ4n) is 2.80. The Hall–Kier alpha value is -2.37. The lowest BCUT2D eigenvalue weighted by molar-refractivity contribution is -0.120. The number of carbonyl (C=O) groups excluding carboxylic acids is 2. The molecule has 1 aromatic carbocycles. The number of carbonyl (C=O) groups is 2. The molecule has 3 rings (SSSR count). The molecule has 0 bridgehead atoms. The number of aromatic nitrogens is 1. The molecule has 0 spiro atoms. The summed E-state index contributed by atoms with van der Waals surface area (Å²) in [5.41, 5.74) is 1.86. The second-order valence-corrected chi connectivity index (χ2v) is 5.15. The normalized spacial score (nSPS) is 15.7. The summed E-state index contributed by atoms with van der Waals surface area (Å²) in [6, 6.07) is 2.84. The summed E-state index contributed by atoms with van der Waals surface area (Å²) in [5.74, 6) is -0.743. The Balaban J connectivity index is 0.00000176. The van der Waals surface area contributed by atoms with Gasteiger partial charge in [0.15, 0.2) is 5.82 Å². The molecule has 1 N–H and O–H groups in total. The molecule has 112 valence electrons. The first-order valence-corrected chi connectivity index (χ1v) is 6.92. The first kappa shape index (κ1) is 13.6. The maximum atomic E-state index is 14.8. The quantitative estimate of drug-likeness (QED) is 0.925. The molecule has 1 aliphatic rings. The van der Waals surface area contributed by atoms with Gasteiger partial charge >= 0.3 is 6.03 Å².